The molecular formula is C8H11ClN4O. The van der Waals surface area contributed by atoms with Crippen LogP contribution in [0.25, 0.3) is 0 Å². The van der Waals surface area contributed by atoms with Crippen LogP contribution in [0.2, 0.25) is 0 Å². The molecule has 0 aromatic rings. The number of nitrogens with one attached hydrogen (secondary N) is 2. The van der Waals surface area contributed by atoms with E-state index in [4.69, 9.17) is 11.6 Å². The summed E-state index contributed by atoms with van der Waals surface area (Å²) in [6.07, 6.45) is 0.415. The maximum absolute atomic E-state index is 11.6. The number of fused-ring (bicyclic) bond motifs is 1. The molecule has 1 atom stereocenters. The monoisotopic (exact) mass is 214 g/mol. The quantitative estimate of drug-likeness (QED) is 0.669. The summed E-state index contributed by atoms with van der Waals surface area (Å²) in [5.74, 6) is 0.551. The van der Waals surface area contributed by atoms with E-state index in [0.29, 0.717) is 5.70 Å². The van der Waals surface area contributed by atoms with Gasteiger partial charge in [0.05, 0.1) is 0 Å². The zero-order valence-electron chi connectivity index (χ0n) is 7.97. The van der Waals surface area contributed by atoms with Gasteiger partial charge in [0, 0.05) is 12.1 Å². The minimum Gasteiger partial charge on any atom is -0.347 e. The Balaban J connectivity index is 2.26. The number of allylic oxidation sites excluding steroid dienone is 1. The summed E-state index contributed by atoms with van der Waals surface area (Å²) in [5.41, 5.74) is 3.56. The second-order valence-electron chi connectivity index (χ2n) is 3.17. The van der Waals surface area contributed by atoms with Crippen molar-refractivity contribution in [1.82, 2.24) is 15.8 Å². The van der Waals surface area contributed by atoms with E-state index in [1.54, 1.807) is 6.92 Å². The van der Waals surface area contributed by atoms with Crippen LogP contribution in [0.1, 0.15) is 20.3 Å². The molecule has 0 aromatic heterocycles. The van der Waals surface area contributed by atoms with Crippen molar-refractivity contribution in [3.8, 4) is 0 Å². The van der Waals surface area contributed by atoms with Crippen LogP contribution in [0.4, 0.5) is 0 Å². The summed E-state index contributed by atoms with van der Waals surface area (Å²) in [7, 11) is 0. The SMILES string of the molecule is CCC1=NC2NC(C)=C(Cl)C(=O)N2N1. The number of carbonyl (C=O) groups excluding carboxylic acids is 1. The molecule has 5 nitrogen and oxygen atoms in total. The molecule has 0 bridgehead atoms. The standard InChI is InChI=1S/C8H11ClN4O/c1-3-5-11-8-10-4(2)6(9)7(14)13(8)12-5/h8,10H,3H2,1-2H3,(H,11,12). The Morgan fingerprint density at radius 1 is 1.64 bits per heavy atom. The third-order valence-electron chi connectivity index (χ3n) is 2.19. The van der Waals surface area contributed by atoms with Crippen LogP contribution < -0.4 is 10.7 Å². The summed E-state index contributed by atoms with van der Waals surface area (Å²) in [5, 5.41) is 4.63. The zero-order valence-corrected chi connectivity index (χ0v) is 8.72. The van der Waals surface area contributed by atoms with E-state index in [1.165, 1.54) is 5.01 Å². The van der Waals surface area contributed by atoms with Crippen LogP contribution in [0, 0.1) is 0 Å². The van der Waals surface area contributed by atoms with Gasteiger partial charge in [-0.05, 0) is 6.92 Å². The molecule has 0 saturated carbocycles. The first kappa shape index (κ1) is 9.33. The first-order chi connectivity index (χ1) is 6.63. The highest BCUT2D eigenvalue weighted by molar-refractivity contribution is 6.42. The fourth-order valence-corrected chi connectivity index (χ4v) is 1.53. The molecule has 0 spiro atoms. The summed E-state index contributed by atoms with van der Waals surface area (Å²) < 4.78 is 0. The number of amides is 1. The Kier molecular flexibility index (Phi) is 2.11. The second-order valence-corrected chi connectivity index (χ2v) is 3.55. The van der Waals surface area contributed by atoms with Gasteiger partial charge in [-0.2, -0.15) is 0 Å². The predicted molar refractivity (Wildman–Crippen MR) is 53.2 cm³/mol. The number of halogens is 1. The zero-order chi connectivity index (χ0) is 10.3. The van der Waals surface area contributed by atoms with Gasteiger partial charge in [-0.15, -0.1) is 0 Å². The van der Waals surface area contributed by atoms with Crippen molar-refractivity contribution in [3.05, 3.63) is 10.7 Å². The van der Waals surface area contributed by atoms with Gasteiger partial charge < -0.3 is 5.32 Å². The van der Waals surface area contributed by atoms with Crippen LogP contribution in [-0.2, 0) is 4.79 Å². The van der Waals surface area contributed by atoms with E-state index in [-0.39, 0.29) is 17.2 Å². The third-order valence-corrected chi connectivity index (χ3v) is 2.63. The Morgan fingerprint density at radius 2 is 2.36 bits per heavy atom. The number of hydrazine groups is 1. The third kappa shape index (κ3) is 1.24. The number of aliphatic imine (C=N–C) groups is 1. The lowest BCUT2D eigenvalue weighted by Gasteiger charge is -2.29. The Labute approximate surface area is 86.8 Å². The summed E-state index contributed by atoms with van der Waals surface area (Å²) in [6, 6.07) is 0. The molecule has 1 amide bonds. The van der Waals surface area contributed by atoms with Crippen LogP contribution in [0.15, 0.2) is 15.7 Å². The van der Waals surface area contributed by atoms with Crippen LogP contribution in [0.5, 0.6) is 0 Å². The van der Waals surface area contributed by atoms with Crippen molar-refractivity contribution in [1.29, 1.82) is 0 Å². The summed E-state index contributed by atoms with van der Waals surface area (Å²) in [4.78, 5) is 15.9. The minimum atomic E-state index is -0.347. The topological polar surface area (TPSA) is 56.7 Å². The molecule has 0 aromatic carbocycles. The predicted octanol–water partition coefficient (Wildman–Crippen LogP) is 0.499. The number of hydrogen-bond acceptors (Lipinski definition) is 4. The Morgan fingerprint density at radius 3 is 3.00 bits per heavy atom. The van der Waals surface area contributed by atoms with Gasteiger partial charge >= 0.3 is 0 Å². The van der Waals surface area contributed by atoms with Crippen molar-refractivity contribution in [2.75, 3.05) is 0 Å². The van der Waals surface area contributed by atoms with Gasteiger partial charge in [0.2, 0.25) is 6.29 Å². The number of nitrogens with zero attached hydrogens (tertiary/aromatic N) is 2. The van der Waals surface area contributed by atoms with E-state index < -0.39 is 0 Å². The van der Waals surface area contributed by atoms with Crippen molar-refractivity contribution < 1.29 is 4.79 Å². The van der Waals surface area contributed by atoms with Gasteiger partial charge in [0.1, 0.15) is 10.9 Å². The molecule has 0 saturated heterocycles. The number of rotatable bonds is 1. The lowest BCUT2D eigenvalue weighted by atomic mass is 10.3. The highest BCUT2D eigenvalue weighted by Crippen LogP contribution is 2.20. The van der Waals surface area contributed by atoms with E-state index >= 15 is 0 Å². The molecule has 2 N–H and O–H groups in total. The van der Waals surface area contributed by atoms with Crippen LogP contribution in [-0.4, -0.2) is 23.0 Å². The number of amidine groups is 1. The molecule has 1 unspecified atom stereocenters. The number of carbonyl (C=O) groups is 1. The summed E-state index contributed by atoms with van der Waals surface area (Å²) in [6.45, 7) is 3.73. The largest absolute Gasteiger partial charge is 0.347 e. The lowest BCUT2D eigenvalue weighted by molar-refractivity contribution is -0.131. The second kappa shape index (κ2) is 3.16. The first-order valence-corrected chi connectivity index (χ1v) is 4.81. The maximum atomic E-state index is 11.6. The molecule has 0 fully saturated rings. The molecule has 2 heterocycles. The minimum absolute atomic E-state index is 0.210. The van der Waals surface area contributed by atoms with Crippen molar-refractivity contribution in [3.63, 3.8) is 0 Å². The van der Waals surface area contributed by atoms with Gasteiger partial charge in [0.25, 0.3) is 5.91 Å². The Hall–Kier alpha value is -1.23. The fourth-order valence-electron chi connectivity index (χ4n) is 1.39. The number of hydrogen-bond donors (Lipinski definition) is 2. The van der Waals surface area contributed by atoms with E-state index in [9.17, 15) is 4.79 Å². The first-order valence-electron chi connectivity index (χ1n) is 4.43. The summed E-state index contributed by atoms with van der Waals surface area (Å²) >= 11 is 5.81. The van der Waals surface area contributed by atoms with E-state index in [0.717, 1.165) is 12.3 Å². The van der Waals surface area contributed by atoms with Gasteiger partial charge in [0.15, 0.2) is 0 Å². The van der Waals surface area contributed by atoms with Crippen molar-refractivity contribution in [2.45, 2.75) is 26.6 Å². The molecule has 2 aliphatic rings. The molecule has 6 heteroatoms. The van der Waals surface area contributed by atoms with Crippen LogP contribution in [0.3, 0.4) is 0 Å². The van der Waals surface area contributed by atoms with E-state index in [1.807, 2.05) is 6.92 Å². The molecule has 14 heavy (non-hydrogen) atoms. The highest BCUT2D eigenvalue weighted by Gasteiger charge is 2.35. The van der Waals surface area contributed by atoms with Crippen molar-refractivity contribution in [2.24, 2.45) is 4.99 Å². The maximum Gasteiger partial charge on any atom is 0.289 e. The fraction of sp³-hybridized carbons (Fsp3) is 0.500. The van der Waals surface area contributed by atoms with Gasteiger partial charge in [-0.25, -0.2) is 10.0 Å². The average molecular weight is 215 g/mol. The van der Waals surface area contributed by atoms with E-state index in [2.05, 4.69) is 15.7 Å². The molecule has 0 radical (unpaired) electrons. The lowest BCUT2D eigenvalue weighted by Crippen LogP contribution is -2.53. The van der Waals surface area contributed by atoms with Crippen molar-refractivity contribution >= 4 is 23.3 Å². The molecular weight excluding hydrogens is 204 g/mol. The van der Waals surface area contributed by atoms with Crippen LogP contribution >= 0.6 is 11.6 Å². The average Bonchev–Trinajstić information content (AvgIpc) is 2.57. The van der Waals surface area contributed by atoms with Gasteiger partial charge in [-0.3, -0.25) is 10.2 Å². The normalized spacial score (nSPS) is 25.6. The molecule has 2 rings (SSSR count). The smallest absolute Gasteiger partial charge is 0.289 e. The van der Waals surface area contributed by atoms with Gasteiger partial charge in [-0.1, -0.05) is 18.5 Å². The molecule has 76 valence electrons. The molecule has 0 aliphatic carbocycles. The molecule has 2 aliphatic heterocycles. The Bertz CT molecular complexity index is 349. The highest BCUT2D eigenvalue weighted by atomic mass is 35.5.